The van der Waals surface area contributed by atoms with Gasteiger partial charge in [0.2, 0.25) is 5.91 Å². The molecule has 4 nitrogen and oxygen atoms in total. The molecule has 5 heteroatoms. The van der Waals surface area contributed by atoms with E-state index in [1.807, 2.05) is 30.3 Å². The van der Waals surface area contributed by atoms with Gasteiger partial charge in [-0.2, -0.15) is 0 Å². The highest BCUT2D eigenvalue weighted by molar-refractivity contribution is 6.30. The number of benzene rings is 2. The molecule has 0 fully saturated rings. The number of halogens is 1. The lowest BCUT2D eigenvalue weighted by molar-refractivity contribution is -0.131. The number of nitrogens with zero attached hydrogens (tertiary/aromatic N) is 1. The minimum atomic E-state index is -0.576. The molecule has 0 saturated carbocycles. The van der Waals surface area contributed by atoms with Gasteiger partial charge in [-0.1, -0.05) is 41.9 Å². The van der Waals surface area contributed by atoms with Crippen LogP contribution in [0.15, 0.2) is 48.5 Å². The Hall–Kier alpha value is -2.04. The van der Waals surface area contributed by atoms with Crippen LogP contribution in [-0.2, 0) is 17.8 Å². The van der Waals surface area contributed by atoms with Gasteiger partial charge in [0.1, 0.15) is 5.75 Å². The van der Waals surface area contributed by atoms with Crippen molar-refractivity contribution in [3.05, 3.63) is 64.7 Å². The molecule has 1 amide bonds. The normalized spacial score (nSPS) is 11.8. The predicted molar refractivity (Wildman–Crippen MR) is 92.6 cm³/mol. The van der Waals surface area contributed by atoms with E-state index in [4.69, 9.17) is 22.1 Å². The number of ether oxygens (including phenoxy) is 1. The van der Waals surface area contributed by atoms with Crippen molar-refractivity contribution < 1.29 is 9.53 Å². The molecule has 1 atom stereocenters. The summed E-state index contributed by atoms with van der Waals surface area (Å²) in [5.74, 6) is 0.585. The van der Waals surface area contributed by atoms with E-state index in [1.54, 1.807) is 37.3 Å². The monoisotopic (exact) mass is 332 g/mol. The van der Waals surface area contributed by atoms with Gasteiger partial charge in [-0.3, -0.25) is 4.79 Å². The van der Waals surface area contributed by atoms with Crippen LogP contribution in [0.2, 0.25) is 5.02 Å². The minimum absolute atomic E-state index is 0.115. The van der Waals surface area contributed by atoms with Gasteiger partial charge < -0.3 is 15.4 Å². The summed E-state index contributed by atoms with van der Waals surface area (Å²) in [6, 6.07) is 14.5. The maximum atomic E-state index is 12.5. The van der Waals surface area contributed by atoms with E-state index in [0.717, 1.165) is 11.1 Å². The first-order valence-electron chi connectivity index (χ1n) is 7.38. The highest BCUT2D eigenvalue weighted by atomic mass is 35.5. The number of amides is 1. The first kappa shape index (κ1) is 17.3. The molecule has 2 aromatic carbocycles. The topological polar surface area (TPSA) is 55.6 Å². The molecule has 0 radical (unpaired) electrons. The van der Waals surface area contributed by atoms with Crippen LogP contribution in [0.3, 0.4) is 0 Å². The van der Waals surface area contributed by atoms with Crippen LogP contribution in [-0.4, -0.2) is 31.0 Å². The molecule has 122 valence electrons. The number of methoxy groups -OCH3 is 1. The third kappa shape index (κ3) is 4.71. The summed E-state index contributed by atoms with van der Waals surface area (Å²) in [7, 11) is 3.32. The molecule has 0 unspecified atom stereocenters. The summed E-state index contributed by atoms with van der Waals surface area (Å²) >= 11 is 6.02. The molecule has 0 heterocycles. The number of likely N-dealkylation sites (N-methyl/N-ethyl adjacent to an activating group) is 1. The van der Waals surface area contributed by atoms with Crippen molar-refractivity contribution in [1.82, 2.24) is 4.90 Å². The summed E-state index contributed by atoms with van der Waals surface area (Å²) in [5, 5.41) is 0.607. The molecule has 0 aliphatic carbocycles. The Balaban J connectivity index is 2.03. The molecular weight excluding hydrogens is 312 g/mol. The molecule has 23 heavy (non-hydrogen) atoms. The lowest BCUT2D eigenvalue weighted by atomic mass is 10.1. The summed E-state index contributed by atoms with van der Waals surface area (Å²) < 4.78 is 5.31. The molecule has 0 saturated heterocycles. The van der Waals surface area contributed by atoms with Crippen LogP contribution in [0.5, 0.6) is 5.75 Å². The molecule has 2 rings (SSSR count). The van der Waals surface area contributed by atoms with Gasteiger partial charge in [0.15, 0.2) is 0 Å². The molecule has 0 bridgehead atoms. The fraction of sp³-hybridized carbons (Fsp3) is 0.278. The summed E-state index contributed by atoms with van der Waals surface area (Å²) in [6.45, 7) is 0.394. The van der Waals surface area contributed by atoms with E-state index in [-0.39, 0.29) is 5.91 Å². The van der Waals surface area contributed by atoms with Crippen LogP contribution >= 0.6 is 11.6 Å². The van der Waals surface area contributed by atoms with E-state index in [1.165, 1.54) is 0 Å². The minimum Gasteiger partial charge on any atom is -0.496 e. The van der Waals surface area contributed by atoms with E-state index < -0.39 is 6.04 Å². The zero-order chi connectivity index (χ0) is 16.8. The molecule has 2 aromatic rings. The largest absolute Gasteiger partial charge is 0.496 e. The van der Waals surface area contributed by atoms with E-state index >= 15 is 0 Å². The first-order chi connectivity index (χ1) is 11.0. The van der Waals surface area contributed by atoms with Gasteiger partial charge in [-0.25, -0.2) is 0 Å². The SMILES string of the molecule is COc1ccc(Cl)cc1CN(C)C(=O)[C@@H](N)Cc1ccccc1. The Labute approximate surface area is 141 Å². The van der Waals surface area contributed by atoms with Gasteiger partial charge in [0.25, 0.3) is 0 Å². The van der Waals surface area contributed by atoms with E-state index in [9.17, 15) is 4.79 Å². The van der Waals surface area contributed by atoms with E-state index in [0.29, 0.717) is 23.7 Å². The van der Waals surface area contributed by atoms with Gasteiger partial charge in [-0.05, 0) is 30.2 Å². The number of hydrogen-bond acceptors (Lipinski definition) is 3. The van der Waals surface area contributed by atoms with Gasteiger partial charge in [-0.15, -0.1) is 0 Å². The second-order valence-corrected chi connectivity index (χ2v) is 5.88. The number of carbonyl (C=O) groups is 1. The highest BCUT2D eigenvalue weighted by Crippen LogP contribution is 2.24. The molecule has 0 spiro atoms. The van der Waals surface area contributed by atoms with Crippen LogP contribution in [0.4, 0.5) is 0 Å². The summed E-state index contributed by atoms with van der Waals surface area (Å²) in [5.41, 5.74) is 7.95. The maximum Gasteiger partial charge on any atom is 0.239 e. The number of rotatable bonds is 6. The summed E-state index contributed by atoms with van der Waals surface area (Å²) in [4.78, 5) is 14.1. The third-order valence-electron chi connectivity index (χ3n) is 3.64. The average molecular weight is 333 g/mol. The Morgan fingerprint density at radius 2 is 1.96 bits per heavy atom. The fourth-order valence-corrected chi connectivity index (χ4v) is 2.64. The van der Waals surface area contributed by atoms with Gasteiger partial charge in [0, 0.05) is 24.2 Å². The van der Waals surface area contributed by atoms with Crippen molar-refractivity contribution in [1.29, 1.82) is 0 Å². The van der Waals surface area contributed by atoms with Crippen molar-refractivity contribution in [3.63, 3.8) is 0 Å². The lowest BCUT2D eigenvalue weighted by Gasteiger charge is -2.22. The molecular formula is C18H21ClN2O2. The molecule has 0 aliphatic heterocycles. The zero-order valence-electron chi connectivity index (χ0n) is 13.3. The fourth-order valence-electron chi connectivity index (χ4n) is 2.44. The first-order valence-corrected chi connectivity index (χ1v) is 7.76. The number of hydrogen-bond donors (Lipinski definition) is 1. The van der Waals surface area contributed by atoms with Crippen LogP contribution in [0.1, 0.15) is 11.1 Å². The van der Waals surface area contributed by atoms with Crippen LogP contribution in [0.25, 0.3) is 0 Å². The van der Waals surface area contributed by atoms with Crippen LogP contribution in [0, 0.1) is 0 Å². The Kier molecular flexibility index (Phi) is 6.02. The predicted octanol–water partition coefficient (Wildman–Crippen LogP) is 2.88. The smallest absolute Gasteiger partial charge is 0.239 e. The summed E-state index contributed by atoms with van der Waals surface area (Å²) in [6.07, 6.45) is 0.511. The Morgan fingerprint density at radius 3 is 2.61 bits per heavy atom. The Morgan fingerprint density at radius 1 is 1.26 bits per heavy atom. The van der Waals surface area contributed by atoms with Crippen molar-refractivity contribution in [2.45, 2.75) is 19.0 Å². The van der Waals surface area contributed by atoms with Crippen LogP contribution < -0.4 is 10.5 Å². The maximum absolute atomic E-state index is 12.5. The highest BCUT2D eigenvalue weighted by Gasteiger charge is 2.19. The second kappa shape index (κ2) is 7.99. The quantitative estimate of drug-likeness (QED) is 0.885. The van der Waals surface area contributed by atoms with Crippen molar-refractivity contribution in [2.24, 2.45) is 5.73 Å². The molecule has 0 aliphatic rings. The van der Waals surface area contributed by atoms with Crippen molar-refractivity contribution in [2.75, 3.05) is 14.2 Å². The van der Waals surface area contributed by atoms with Crippen molar-refractivity contribution >= 4 is 17.5 Å². The molecule has 0 aromatic heterocycles. The van der Waals surface area contributed by atoms with Crippen molar-refractivity contribution in [3.8, 4) is 5.75 Å². The second-order valence-electron chi connectivity index (χ2n) is 5.45. The Bertz CT molecular complexity index is 661. The third-order valence-corrected chi connectivity index (χ3v) is 3.88. The standard InChI is InChI=1S/C18H21ClN2O2/c1-21(12-14-11-15(19)8-9-17(14)23-2)18(22)16(20)10-13-6-4-3-5-7-13/h3-9,11,16H,10,12,20H2,1-2H3/t16-/m0/s1. The lowest BCUT2D eigenvalue weighted by Crippen LogP contribution is -2.42. The number of nitrogens with two attached hydrogens (primary N) is 1. The zero-order valence-corrected chi connectivity index (χ0v) is 14.1. The molecule has 2 N–H and O–H groups in total. The van der Waals surface area contributed by atoms with E-state index in [2.05, 4.69) is 0 Å². The number of carbonyl (C=O) groups excluding carboxylic acids is 1. The van der Waals surface area contributed by atoms with Gasteiger partial charge >= 0.3 is 0 Å². The average Bonchev–Trinajstić information content (AvgIpc) is 2.55. The van der Waals surface area contributed by atoms with Gasteiger partial charge in [0.05, 0.1) is 13.2 Å².